The van der Waals surface area contributed by atoms with Gasteiger partial charge in [0.25, 0.3) is 0 Å². The molecule has 6 heteroatoms. The van der Waals surface area contributed by atoms with Crippen LogP contribution in [-0.2, 0) is 10.2 Å². The molecule has 2 aromatic rings. The van der Waals surface area contributed by atoms with Crippen molar-refractivity contribution in [3.63, 3.8) is 0 Å². The fourth-order valence-electron chi connectivity index (χ4n) is 3.62. The summed E-state index contributed by atoms with van der Waals surface area (Å²) in [7, 11) is 0. The fraction of sp³-hybridized carbons (Fsp3) is 0.471. The lowest BCUT2D eigenvalue weighted by Crippen LogP contribution is -2.25. The van der Waals surface area contributed by atoms with Gasteiger partial charge in [-0.1, -0.05) is 19.9 Å². The molecule has 2 heterocycles. The molecule has 1 aliphatic carbocycles. The van der Waals surface area contributed by atoms with Crippen LogP contribution in [0.15, 0.2) is 36.9 Å². The van der Waals surface area contributed by atoms with Crippen LogP contribution in [0.2, 0.25) is 0 Å². The molecule has 0 saturated heterocycles. The van der Waals surface area contributed by atoms with Crippen molar-refractivity contribution in [2.75, 3.05) is 6.54 Å². The molecule has 0 radical (unpaired) electrons. The number of nitrogens with zero attached hydrogens (tertiary/aromatic N) is 3. The number of carbonyl (C=O) groups is 1. The van der Waals surface area contributed by atoms with Crippen LogP contribution in [-0.4, -0.2) is 32.2 Å². The van der Waals surface area contributed by atoms with Gasteiger partial charge in [0.1, 0.15) is 17.6 Å². The van der Waals surface area contributed by atoms with Crippen molar-refractivity contribution in [3.8, 4) is 5.82 Å². The first-order valence-electron chi connectivity index (χ1n) is 7.91. The highest BCUT2D eigenvalue weighted by molar-refractivity contribution is 5.86. The van der Waals surface area contributed by atoms with Gasteiger partial charge in [0.2, 0.25) is 0 Å². The van der Waals surface area contributed by atoms with Crippen LogP contribution in [0.3, 0.4) is 0 Å². The predicted molar refractivity (Wildman–Crippen MR) is 86.2 cm³/mol. The first-order valence-corrected chi connectivity index (χ1v) is 7.91. The van der Waals surface area contributed by atoms with E-state index in [1.807, 2.05) is 25.1 Å². The molecule has 0 aromatic carbocycles. The number of nitrogens with two attached hydrogens (primary N) is 1. The topological polar surface area (TPSA) is 94.0 Å². The molecule has 0 bridgehead atoms. The zero-order chi connectivity index (χ0) is 16.6. The van der Waals surface area contributed by atoms with E-state index < -0.39 is 11.4 Å². The third-order valence-electron chi connectivity index (χ3n) is 5.13. The van der Waals surface area contributed by atoms with Crippen LogP contribution >= 0.6 is 0 Å². The third-order valence-corrected chi connectivity index (χ3v) is 5.13. The average Bonchev–Trinajstić information content (AvgIpc) is 2.92. The number of aliphatic carboxylic acids is 1. The van der Waals surface area contributed by atoms with Gasteiger partial charge >= 0.3 is 5.97 Å². The van der Waals surface area contributed by atoms with E-state index in [0.717, 1.165) is 12.2 Å². The fourth-order valence-corrected chi connectivity index (χ4v) is 3.62. The van der Waals surface area contributed by atoms with Crippen molar-refractivity contribution in [2.45, 2.75) is 25.7 Å². The number of carboxylic acid groups (broad SMARTS) is 1. The minimum absolute atomic E-state index is 0.0566. The zero-order valence-corrected chi connectivity index (χ0v) is 13.4. The SMILES string of the molecule is C[C@H](CN)C[C@@H]1[C@H](C)[C@@]1(C(=O)O)c1cn(-c2ccccn2)cn1. The lowest BCUT2D eigenvalue weighted by atomic mass is 9.94. The summed E-state index contributed by atoms with van der Waals surface area (Å²) in [5.41, 5.74) is 5.41. The number of pyridine rings is 1. The summed E-state index contributed by atoms with van der Waals surface area (Å²) < 4.78 is 1.77. The van der Waals surface area contributed by atoms with E-state index in [9.17, 15) is 9.90 Å². The summed E-state index contributed by atoms with van der Waals surface area (Å²) >= 11 is 0. The highest BCUT2D eigenvalue weighted by atomic mass is 16.4. The van der Waals surface area contributed by atoms with Gasteiger partial charge in [0, 0.05) is 12.4 Å². The van der Waals surface area contributed by atoms with Crippen LogP contribution in [0.25, 0.3) is 5.82 Å². The molecule has 122 valence electrons. The molecule has 1 fully saturated rings. The number of carboxylic acids is 1. The van der Waals surface area contributed by atoms with E-state index in [-0.39, 0.29) is 11.8 Å². The minimum atomic E-state index is -0.899. The summed E-state index contributed by atoms with van der Waals surface area (Å²) in [6.07, 6.45) is 5.94. The van der Waals surface area contributed by atoms with Crippen molar-refractivity contribution in [1.29, 1.82) is 0 Å². The normalized spacial score (nSPS) is 27.6. The quantitative estimate of drug-likeness (QED) is 0.848. The second-order valence-electron chi connectivity index (χ2n) is 6.50. The summed E-state index contributed by atoms with van der Waals surface area (Å²) in [4.78, 5) is 20.7. The van der Waals surface area contributed by atoms with Crippen LogP contribution in [0.1, 0.15) is 26.0 Å². The number of hydrogen-bond acceptors (Lipinski definition) is 4. The predicted octanol–water partition coefficient (Wildman–Crippen LogP) is 1.84. The van der Waals surface area contributed by atoms with E-state index in [1.54, 1.807) is 23.3 Å². The van der Waals surface area contributed by atoms with Gasteiger partial charge in [-0.25, -0.2) is 9.97 Å². The van der Waals surface area contributed by atoms with Crippen molar-refractivity contribution >= 4 is 5.97 Å². The highest BCUT2D eigenvalue weighted by Gasteiger charge is 2.69. The Kier molecular flexibility index (Phi) is 3.93. The molecule has 2 aromatic heterocycles. The molecular weight excluding hydrogens is 292 g/mol. The van der Waals surface area contributed by atoms with Gasteiger partial charge < -0.3 is 10.8 Å². The molecule has 3 rings (SSSR count). The van der Waals surface area contributed by atoms with Gasteiger partial charge in [-0.2, -0.15) is 0 Å². The Balaban J connectivity index is 1.92. The molecule has 1 saturated carbocycles. The van der Waals surface area contributed by atoms with E-state index >= 15 is 0 Å². The van der Waals surface area contributed by atoms with Gasteiger partial charge in [-0.05, 0) is 42.9 Å². The van der Waals surface area contributed by atoms with Gasteiger partial charge in [-0.3, -0.25) is 9.36 Å². The van der Waals surface area contributed by atoms with E-state index in [4.69, 9.17) is 5.73 Å². The Morgan fingerprint density at radius 3 is 2.87 bits per heavy atom. The lowest BCUT2D eigenvalue weighted by Gasteiger charge is -2.12. The van der Waals surface area contributed by atoms with Crippen molar-refractivity contribution in [3.05, 3.63) is 42.6 Å². The molecule has 6 nitrogen and oxygen atoms in total. The molecule has 0 spiro atoms. The number of imidazole rings is 1. The Hall–Kier alpha value is -2.21. The monoisotopic (exact) mass is 314 g/mol. The van der Waals surface area contributed by atoms with Crippen LogP contribution < -0.4 is 5.73 Å². The molecule has 23 heavy (non-hydrogen) atoms. The molecule has 0 amide bonds. The van der Waals surface area contributed by atoms with E-state index in [1.165, 1.54) is 0 Å². The number of hydrogen-bond donors (Lipinski definition) is 2. The summed E-state index contributed by atoms with van der Waals surface area (Å²) in [6.45, 7) is 4.62. The summed E-state index contributed by atoms with van der Waals surface area (Å²) in [5.74, 6) is 0.366. The zero-order valence-electron chi connectivity index (χ0n) is 13.4. The van der Waals surface area contributed by atoms with Gasteiger partial charge in [-0.15, -0.1) is 0 Å². The van der Waals surface area contributed by atoms with E-state index in [0.29, 0.717) is 18.2 Å². The lowest BCUT2D eigenvalue weighted by molar-refractivity contribution is -0.141. The van der Waals surface area contributed by atoms with Crippen LogP contribution in [0.5, 0.6) is 0 Å². The Morgan fingerprint density at radius 1 is 1.48 bits per heavy atom. The minimum Gasteiger partial charge on any atom is -0.481 e. The average molecular weight is 314 g/mol. The van der Waals surface area contributed by atoms with Gasteiger partial charge in [0.05, 0.1) is 5.69 Å². The molecule has 3 N–H and O–H groups in total. The van der Waals surface area contributed by atoms with Crippen LogP contribution in [0.4, 0.5) is 0 Å². The first-order chi connectivity index (χ1) is 11.0. The molecule has 0 unspecified atom stereocenters. The maximum atomic E-state index is 12.0. The first kappa shape index (κ1) is 15.7. The molecular formula is C17H22N4O2. The summed E-state index contributed by atoms with van der Waals surface area (Å²) in [5, 5.41) is 9.87. The Labute approximate surface area is 135 Å². The second-order valence-corrected chi connectivity index (χ2v) is 6.50. The Morgan fingerprint density at radius 2 is 2.26 bits per heavy atom. The Bertz CT molecular complexity index is 700. The van der Waals surface area contributed by atoms with Crippen molar-refractivity contribution in [2.24, 2.45) is 23.5 Å². The molecule has 0 aliphatic heterocycles. The van der Waals surface area contributed by atoms with Gasteiger partial charge in [0.15, 0.2) is 0 Å². The largest absolute Gasteiger partial charge is 0.481 e. The summed E-state index contributed by atoms with van der Waals surface area (Å²) in [6, 6.07) is 5.59. The van der Waals surface area contributed by atoms with Crippen molar-refractivity contribution < 1.29 is 9.90 Å². The standard InChI is InChI=1S/C17H22N4O2/c1-11(8-18)7-13-12(2)17(13,16(22)23)14-9-21(10-20-14)15-5-3-4-6-19-15/h3-6,9-13H,7-8,18H2,1-2H3,(H,22,23)/t11-,12-,13+,17-/m0/s1. The van der Waals surface area contributed by atoms with E-state index in [2.05, 4.69) is 16.9 Å². The smallest absolute Gasteiger partial charge is 0.316 e. The van der Waals surface area contributed by atoms with Crippen LogP contribution in [0, 0.1) is 17.8 Å². The third kappa shape index (κ3) is 2.43. The second kappa shape index (κ2) is 5.77. The molecule has 4 atom stereocenters. The highest BCUT2D eigenvalue weighted by Crippen LogP contribution is 2.62. The number of rotatable bonds is 6. The maximum Gasteiger partial charge on any atom is 0.316 e. The van der Waals surface area contributed by atoms with Crippen molar-refractivity contribution in [1.82, 2.24) is 14.5 Å². The molecule has 1 aliphatic rings. The maximum absolute atomic E-state index is 12.0. The number of aromatic nitrogens is 3.